The van der Waals surface area contributed by atoms with E-state index in [2.05, 4.69) is 10.4 Å². The topological polar surface area (TPSA) is 71.0 Å². The van der Waals surface area contributed by atoms with Crippen molar-refractivity contribution in [2.75, 3.05) is 11.9 Å². The minimum atomic E-state index is -2.47. The van der Waals surface area contributed by atoms with Crippen LogP contribution in [0.25, 0.3) is 0 Å². The number of rotatable bonds is 7. The Bertz CT molecular complexity index is 973. The Morgan fingerprint density at radius 2 is 1.93 bits per heavy atom. The number of carbonyl (C=O) groups is 1. The largest absolute Gasteiger partial charge is 0.467 e. The molecule has 3 aromatic rings. The molecule has 1 N–H and O–H groups in total. The van der Waals surface area contributed by atoms with Crippen molar-refractivity contribution in [1.82, 2.24) is 5.01 Å². The predicted octanol–water partition coefficient (Wildman–Crippen LogP) is 4.98. The van der Waals surface area contributed by atoms with Crippen molar-refractivity contribution in [3.8, 4) is 0 Å². The van der Waals surface area contributed by atoms with Gasteiger partial charge in [0.15, 0.2) is 0 Å². The van der Waals surface area contributed by atoms with E-state index in [1.54, 1.807) is 61.1 Å². The van der Waals surface area contributed by atoms with Crippen molar-refractivity contribution < 1.29 is 22.4 Å². The molecule has 1 atom stereocenters. The molecule has 0 unspecified atom stereocenters. The molecule has 0 saturated carbocycles. The molecule has 1 aliphatic rings. The molecular weight excluding hydrogens is 400 g/mol. The van der Waals surface area contributed by atoms with Gasteiger partial charge < -0.3 is 14.2 Å². The molecule has 150 valence electrons. The molecule has 29 heavy (non-hydrogen) atoms. The molecule has 3 heterocycles. The van der Waals surface area contributed by atoms with Gasteiger partial charge in [-0.25, -0.2) is 5.01 Å². The third kappa shape index (κ3) is 4.51. The van der Waals surface area contributed by atoms with Gasteiger partial charge in [0.2, 0.25) is 0 Å². The number of anilines is 1. The molecule has 0 aliphatic carbocycles. The minimum Gasteiger partial charge on any atom is -0.467 e. The highest BCUT2D eigenvalue weighted by molar-refractivity contribution is 7.99. The Morgan fingerprint density at radius 3 is 2.59 bits per heavy atom. The quantitative estimate of drug-likeness (QED) is 0.549. The van der Waals surface area contributed by atoms with E-state index in [-0.39, 0.29) is 18.5 Å². The maximum atomic E-state index is 12.8. The van der Waals surface area contributed by atoms with Gasteiger partial charge in [0.05, 0.1) is 19.1 Å². The number of hydrogen-bond donors (Lipinski definition) is 1. The van der Waals surface area contributed by atoms with Crippen LogP contribution >= 0.6 is 11.8 Å². The summed E-state index contributed by atoms with van der Waals surface area (Å²) in [6.07, 6.45) is 3.59. The van der Waals surface area contributed by atoms with E-state index in [0.717, 1.165) is 0 Å². The highest BCUT2D eigenvalue weighted by Crippen LogP contribution is 2.33. The summed E-state index contributed by atoms with van der Waals surface area (Å²) in [5.41, 5.74) is 1.32. The van der Waals surface area contributed by atoms with Gasteiger partial charge in [-0.2, -0.15) is 13.9 Å². The first kappa shape index (κ1) is 19.3. The number of benzene rings is 1. The van der Waals surface area contributed by atoms with Gasteiger partial charge in [0.25, 0.3) is 11.7 Å². The van der Waals surface area contributed by atoms with Gasteiger partial charge in [0, 0.05) is 17.0 Å². The molecule has 1 aliphatic heterocycles. The Morgan fingerprint density at radius 1 is 1.17 bits per heavy atom. The summed E-state index contributed by atoms with van der Waals surface area (Å²) in [5, 5.41) is 8.85. The van der Waals surface area contributed by atoms with Crippen molar-refractivity contribution in [1.29, 1.82) is 0 Å². The fraction of sp³-hybridized carbons (Fsp3) is 0.200. The molecule has 1 aromatic carbocycles. The highest BCUT2D eigenvalue weighted by atomic mass is 32.2. The summed E-state index contributed by atoms with van der Waals surface area (Å²) in [4.78, 5) is 13.3. The van der Waals surface area contributed by atoms with E-state index >= 15 is 0 Å². The maximum absolute atomic E-state index is 12.8. The van der Waals surface area contributed by atoms with E-state index in [1.807, 2.05) is 0 Å². The molecule has 0 radical (unpaired) electrons. The Balaban J connectivity index is 1.45. The summed E-state index contributed by atoms with van der Waals surface area (Å²) >= 11 is 0.476. The Labute approximate surface area is 169 Å². The predicted molar refractivity (Wildman–Crippen MR) is 105 cm³/mol. The minimum absolute atomic E-state index is 0.00647. The van der Waals surface area contributed by atoms with Crippen LogP contribution in [0.4, 0.5) is 14.5 Å². The second-order valence-corrected chi connectivity index (χ2v) is 7.32. The lowest BCUT2D eigenvalue weighted by Gasteiger charge is -2.20. The number of hydrogen-bond acceptors (Lipinski definition) is 6. The smallest absolute Gasteiger partial charge is 0.288 e. The van der Waals surface area contributed by atoms with Gasteiger partial charge >= 0.3 is 0 Å². The normalized spacial score (nSPS) is 16.3. The van der Waals surface area contributed by atoms with Crippen LogP contribution in [0.5, 0.6) is 0 Å². The fourth-order valence-corrected chi connectivity index (χ4v) is 3.55. The molecule has 0 bridgehead atoms. The van der Waals surface area contributed by atoms with Crippen LogP contribution in [-0.4, -0.2) is 28.9 Å². The lowest BCUT2D eigenvalue weighted by molar-refractivity contribution is -0.131. The van der Waals surface area contributed by atoms with Crippen LogP contribution < -0.4 is 5.32 Å². The van der Waals surface area contributed by atoms with Gasteiger partial charge in [0.1, 0.15) is 23.3 Å². The molecule has 2 aromatic heterocycles. The van der Waals surface area contributed by atoms with Gasteiger partial charge in [-0.15, -0.1) is 0 Å². The summed E-state index contributed by atoms with van der Waals surface area (Å²) in [6, 6.07) is 13.2. The zero-order valence-electron chi connectivity index (χ0n) is 15.1. The number of alkyl halides is 2. The standard InChI is InChI=1S/C20H17F2N3O3S/c21-20(22)29-14-7-5-13(6-8-14)23-12-19(26)25-16(18-4-2-10-28-18)11-15(24-25)17-3-1-9-27-17/h1-10,16,20,23H,11-12H2/t16-/m0/s1. The van der Waals surface area contributed by atoms with E-state index in [1.165, 1.54) is 5.01 Å². The van der Waals surface area contributed by atoms with Gasteiger partial charge in [-0.05, 0) is 48.5 Å². The average Bonchev–Trinajstić information content (AvgIpc) is 3.47. The first-order valence-electron chi connectivity index (χ1n) is 8.86. The fourth-order valence-electron chi connectivity index (χ4n) is 3.05. The number of amides is 1. The molecule has 0 fully saturated rings. The second kappa shape index (κ2) is 8.52. The number of halogens is 2. The second-order valence-electron chi connectivity index (χ2n) is 6.25. The van der Waals surface area contributed by atoms with Crippen LogP contribution in [0, 0.1) is 0 Å². The molecule has 6 nitrogen and oxygen atoms in total. The van der Waals surface area contributed by atoms with Crippen LogP contribution in [0.15, 0.2) is 79.9 Å². The van der Waals surface area contributed by atoms with Crippen molar-refractivity contribution >= 4 is 29.1 Å². The highest BCUT2D eigenvalue weighted by Gasteiger charge is 2.35. The SMILES string of the molecule is O=C(CNc1ccc(SC(F)F)cc1)N1N=C(c2ccco2)C[C@H]1c1ccco1. The van der Waals surface area contributed by atoms with Crippen molar-refractivity contribution in [3.63, 3.8) is 0 Å². The molecule has 9 heteroatoms. The summed E-state index contributed by atoms with van der Waals surface area (Å²) in [5.74, 6) is -1.47. The summed E-state index contributed by atoms with van der Waals surface area (Å²) < 4.78 is 35.7. The maximum Gasteiger partial charge on any atom is 0.288 e. The first-order chi connectivity index (χ1) is 14.1. The van der Waals surface area contributed by atoms with E-state index in [4.69, 9.17) is 8.83 Å². The monoisotopic (exact) mass is 417 g/mol. The molecule has 4 rings (SSSR count). The number of hydrazone groups is 1. The van der Waals surface area contributed by atoms with Crippen molar-refractivity contribution in [3.05, 3.63) is 72.6 Å². The molecule has 0 spiro atoms. The zero-order valence-corrected chi connectivity index (χ0v) is 15.9. The lowest BCUT2D eigenvalue weighted by Crippen LogP contribution is -2.32. The molecule has 0 saturated heterocycles. The number of thioether (sulfide) groups is 1. The van der Waals surface area contributed by atoms with Gasteiger partial charge in [-0.3, -0.25) is 4.79 Å². The van der Waals surface area contributed by atoms with Crippen molar-refractivity contribution in [2.24, 2.45) is 5.10 Å². The van der Waals surface area contributed by atoms with Crippen LogP contribution in [-0.2, 0) is 4.79 Å². The number of nitrogens with zero attached hydrogens (tertiary/aromatic N) is 2. The lowest BCUT2D eigenvalue weighted by atomic mass is 10.1. The third-order valence-corrected chi connectivity index (χ3v) is 5.09. The molecular formula is C20H17F2N3O3S. The van der Waals surface area contributed by atoms with Crippen molar-refractivity contribution in [2.45, 2.75) is 23.1 Å². The van der Waals surface area contributed by atoms with E-state index in [0.29, 0.717) is 46.0 Å². The van der Waals surface area contributed by atoms with Crippen LogP contribution in [0.3, 0.4) is 0 Å². The van der Waals surface area contributed by atoms with E-state index < -0.39 is 5.76 Å². The summed E-state index contributed by atoms with van der Waals surface area (Å²) in [7, 11) is 0. The zero-order chi connectivity index (χ0) is 20.2. The molecule has 1 amide bonds. The Hall–Kier alpha value is -3.07. The van der Waals surface area contributed by atoms with Crippen LogP contribution in [0.2, 0.25) is 0 Å². The van der Waals surface area contributed by atoms with E-state index in [9.17, 15) is 13.6 Å². The average molecular weight is 417 g/mol. The third-order valence-electron chi connectivity index (χ3n) is 4.37. The van der Waals surface area contributed by atoms with Crippen LogP contribution in [0.1, 0.15) is 24.0 Å². The first-order valence-corrected chi connectivity index (χ1v) is 9.73. The Kier molecular flexibility index (Phi) is 5.66. The number of nitrogens with one attached hydrogen (secondary N) is 1. The summed E-state index contributed by atoms with van der Waals surface area (Å²) in [6.45, 7) is -0.00647. The number of furan rings is 2. The van der Waals surface area contributed by atoms with Gasteiger partial charge in [-0.1, -0.05) is 11.8 Å². The number of carbonyl (C=O) groups excluding carboxylic acids is 1.